The first-order chi connectivity index (χ1) is 16.3. The highest BCUT2D eigenvalue weighted by atomic mass is 35.5. The highest BCUT2D eigenvalue weighted by molar-refractivity contribution is 6.31. The molecule has 0 aliphatic heterocycles. The van der Waals surface area contributed by atoms with Crippen LogP contribution < -0.4 is 10.6 Å². The fourth-order valence-electron chi connectivity index (χ4n) is 3.80. The number of nitrogens with one attached hydrogen (secondary N) is 2. The van der Waals surface area contributed by atoms with Crippen LogP contribution in [0.25, 0.3) is 10.9 Å². The first kappa shape index (κ1) is 25.5. The Morgan fingerprint density at radius 1 is 0.824 bits per heavy atom. The summed E-state index contributed by atoms with van der Waals surface area (Å²) < 4.78 is 0. The number of unbranched alkanes of at least 4 members (excludes halogenated alkanes) is 3. The summed E-state index contributed by atoms with van der Waals surface area (Å²) in [6, 6.07) is 28.2. The second-order valence-electron chi connectivity index (χ2n) is 8.01. The number of anilines is 1. The Bertz CT molecular complexity index is 1180. The van der Waals surface area contributed by atoms with Gasteiger partial charge in [0.15, 0.2) is 0 Å². The average molecular weight is 493 g/mol. The lowest BCUT2D eigenvalue weighted by molar-refractivity contribution is 0.632. The lowest BCUT2D eigenvalue weighted by Crippen LogP contribution is -2.31. The fourth-order valence-corrected chi connectivity index (χ4v) is 3.97. The van der Waals surface area contributed by atoms with Gasteiger partial charge in [-0.3, -0.25) is 4.98 Å². The SMILES string of the molecule is Cl.Clc1ccc2c(CCCCCCN/C(=N\c3ccccc3)Nc3ccccc3)ccnc2c1. The first-order valence-corrected chi connectivity index (χ1v) is 11.9. The summed E-state index contributed by atoms with van der Waals surface area (Å²) in [5.41, 5.74) is 4.26. The van der Waals surface area contributed by atoms with E-state index in [1.54, 1.807) is 0 Å². The van der Waals surface area contributed by atoms with E-state index in [1.165, 1.54) is 23.8 Å². The van der Waals surface area contributed by atoms with Gasteiger partial charge in [0.1, 0.15) is 0 Å². The number of fused-ring (bicyclic) bond motifs is 1. The van der Waals surface area contributed by atoms with Crippen LogP contribution in [0.15, 0.2) is 96.1 Å². The molecule has 0 radical (unpaired) electrons. The lowest BCUT2D eigenvalue weighted by atomic mass is 10.0. The van der Waals surface area contributed by atoms with E-state index in [9.17, 15) is 0 Å². The predicted octanol–water partition coefficient (Wildman–Crippen LogP) is 7.80. The second-order valence-corrected chi connectivity index (χ2v) is 8.45. The van der Waals surface area contributed by atoms with Crippen molar-refractivity contribution in [2.24, 2.45) is 4.99 Å². The first-order valence-electron chi connectivity index (χ1n) is 11.5. The van der Waals surface area contributed by atoms with Crippen LogP contribution in [0.3, 0.4) is 0 Å². The molecule has 1 aromatic heterocycles. The summed E-state index contributed by atoms with van der Waals surface area (Å²) in [5.74, 6) is 0.773. The van der Waals surface area contributed by atoms with E-state index < -0.39 is 0 Å². The normalized spacial score (nSPS) is 11.1. The van der Waals surface area contributed by atoms with Crippen molar-refractivity contribution in [1.29, 1.82) is 0 Å². The van der Waals surface area contributed by atoms with Crippen LogP contribution in [0, 0.1) is 0 Å². The second kappa shape index (κ2) is 13.6. The number of para-hydroxylation sites is 2. The Morgan fingerprint density at radius 2 is 1.56 bits per heavy atom. The van der Waals surface area contributed by atoms with E-state index in [1.807, 2.05) is 79.0 Å². The number of rotatable bonds is 9. The van der Waals surface area contributed by atoms with Crippen LogP contribution in [-0.4, -0.2) is 17.5 Å². The van der Waals surface area contributed by atoms with E-state index in [0.29, 0.717) is 0 Å². The number of aliphatic imine (C=N–C) groups is 1. The fraction of sp³-hybridized carbons (Fsp3) is 0.214. The zero-order chi connectivity index (χ0) is 22.7. The monoisotopic (exact) mass is 492 g/mol. The Kier molecular flexibility index (Phi) is 10.2. The molecule has 0 amide bonds. The highest BCUT2D eigenvalue weighted by Crippen LogP contribution is 2.22. The van der Waals surface area contributed by atoms with Crippen molar-refractivity contribution in [2.45, 2.75) is 32.1 Å². The maximum absolute atomic E-state index is 6.10. The third kappa shape index (κ3) is 7.75. The van der Waals surface area contributed by atoms with Crippen molar-refractivity contribution >= 4 is 52.2 Å². The predicted molar refractivity (Wildman–Crippen MR) is 148 cm³/mol. The lowest BCUT2D eigenvalue weighted by Gasteiger charge is -2.13. The van der Waals surface area contributed by atoms with E-state index in [4.69, 9.17) is 16.6 Å². The molecule has 0 atom stereocenters. The quantitative estimate of drug-likeness (QED) is 0.142. The van der Waals surface area contributed by atoms with Gasteiger partial charge in [0, 0.05) is 28.8 Å². The van der Waals surface area contributed by atoms with Crippen molar-refractivity contribution in [3.05, 3.63) is 102 Å². The number of aromatic nitrogens is 1. The standard InChI is InChI=1S/C28H29ClN4.ClH/c29-23-16-17-26-22(18-20-30-27(26)21-23)11-5-1-2-10-19-31-28(32-24-12-6-3-7-13-24)33-25-14-8-4-9-15-25;/h3-4,6-9,12-18,20-21H,1-2,5,10-11,19H2,(H2,31,32,33);1H. The number of benzene rings is 3. The van der Waals surface area contributed by atoms with Gasteiger partial charge in [-0.25, -0.2) is 4.99 Å². The van der Waals surface area contributed by atoms with Crippen LogP contribution in [0.5, 0.6) is 0 Å². The molecule has 0 saturated carbocycles. The molecule has 4 rings (SSSR count). The van der Waals surface area contributed by atoms with Gasteiger partial charge in [-0.05, 0) is 67.3 Å². The molecule has 6 heteroatoms. The summed E-state index contributed by atoms with van der Waals surface area (Å²) in [4.78, 5) is 9.18. The highest BCUT2D eigenvalue weighted by Gasteiger charge is 2.04. The minimum atomic E-state index is 0. The van der Waals surface area contributed by atoms with Crippen LogP contribution in [-0.2, 0) is 6.42 Å². The largest absolute Gasteiger partial charge is 0.356 e. The number of hydrogen-bond acceptors (Lipinski definition) is 2. The number of hydrogen-bond donors (Lipinski definition) is 2. The Morgan fingerprint density at radius 3 is 2.35 bits per heavy atom. The molecule has 1 heterocycles. The molecule has 0 bridgehead atoms. The zero-order valence-electron chi connectivity index (χ0n) is 19.1. The van der Waals surface area contributed by atoms with E-state index in [-0.39, 0.29) is 12.4 Å². The molecule has 176 valence electrons. The number of nitrogens with zero attached hydrogens (tertiary/aromatic N) is 2. The van der Waals surface area contributed by atoms with Crippen molar-refractivity contribution < 1.29 is 0 Å². The van der Waals surface area contributed by atoms with Crippen molar-refractivity contribution in [2.75, 3.05) is 11.9 Å². The minimum Gasteiger partial charge on any atom is -0.356 e. The van der Waals surface area contributed by atoms with Gasteiger partial charge in [0.25, 0.3) is 0 Å². The van der Waals surface area contributed by atoms with Crippen molar-refractivity contribution in [3.63, 3.8) is 0 Å². The van der Waals surface area contributed by atoms with Crippen LogP contribution >= 0.6 is 24.0 Å². The number of guanidine groups is 1. The number of aryl methyl sites for hydroxylation is 1. The van der Waals surface area contributed by atoms with Gasteiger partial charge in [0.05, 0.1) is 11.2 Å². The molecular weight excluding hydrogens is 463 g/mol. The molecule has 0 spiro atoms. The van der Waals surface area contributed by atoms with Crippen molar-refractivity contribution in [3.8, 4) is 0 Å². The molecular formula is C28H30Cl2N4. The smallest absolute Gasteiger partial charge is 0.201 e. The van der Waals surface area contributed by atoms with Gasteiger partial charge in [0.2, 0.25) is 5.96 Å². The molecule has 4 aromatic rings. The average Bonchev–Trinajstić information content (AvgIpc) is 2.84. The Labute approximate surface area is 212 Å². The summed E-state index contributed by atoms with van der Waals surface area (Å²) in [7, 11) is 0. The maximum Gasteiger partial charge on any atom is 0.201 e. The molecule has 2 N–H and O–H groups in total. The van der Waals surface area contributed by atoms with E-state index in [0.717, 1.165) is 53.7 Å². The van der Waals surface area contributed by atoms with E-state index >= 15 is 0 Å². The van der Waals surface area contributed by atoms with Gasteiger partial charge in [-0.1, -0.05) is 66.9 Å². The Balaban J connectivity index is 0.00000324. The third-order valence-corrected chi connectivity index (χ3v) is 5.73. The molecule has 0 fully saturated rings. The number of pyridine rings is 1. The summed E-state index contributed by atoms with van der Waals surface area (Å²) >= 11 is 6.10. The van der Waals surface area contributed by atoms with Crippen LogP contribution in [0.1, 0.15) is 31.2 Å². The molecule has 0 unspecified atom stereocenters. The van der Waals surface area contributed by atoms with Crippen LogP contribution in [0.2, 0.25) is 5.02 Å². The van der Waals surface area contributed by atoms with Gasteiger partial charge in [-0.15, -0.1) is 12.4 Å². The van der Waals surface area contributed by atoms with Gasteiger partial charge < -0.3 is 10.6 Å². The molecule has 0 saturated heterocycles. The van der Waals surface area contributed by atoms with Crippen molar-refractivity contribution in [1.82, 2.24) is 10.3 Å². The van der Waals surface area contributed by atoms with Crippen LogP contribution in [0.4, 0.5) is 11.4 Å². The van der Waals surface area contributed by atoms with E-state index in [2.05, 4.69) is 27.8 Å². The zero-order valence-corrected chi connectivity index (χ0v) is 20.7. The molecule has 0 aliphatic rings. The topological polar surface area (TPSA) is 49.3 Å². The Hall–Kier alpha value is -3.08. The summed E-state index contributed by atoms with van der Waals surface area (Å²) in [6.07, 6.45) is 7.56. The van der Waals surface area contributed by atoms with Gasteiger partial charge >= 0.3 is 0 Å². The molecule has 4 nitrogen and oxygen atoms in total. The molecule has 34 heavy (non-hydrogen) atoms. The maximum atomic E-state index is 6.10. The summed E-state index contributed by atoms with van der Waals surface area (Å²) in [5, 5.41) is 8.81. The summed E-state index contributed by atoms with van der Waals surface area (Å²) in [6.45, 7) is 0.877. The third-order valence-electron chi connectivity index (χ3n) is 5.49. The van der Waals surface area contributed by atoms with Gasteiger partial charge in [-0.2, -0.15) is 0 Å². The molecule has 0 aliphatic carbocycles. The molecule has 3 aromatic carbocycles. The minimum absolute atomic E-state index is 0. The number of halogens is 2.